The van der Waals surface area contributed by atoms with Gasteiger partial charge in [-0.3, -0.25) is 4.79 Å². The molecule has 8 heteroatoms. The van der Waals surface area contributed by atoms with Crippen molar-refractivity contribution in [2.75, 3.05) is 42.9 Å². The Morgan fingerprint density at radius 3 is 2.55 bits per heavy atom. The third kappa shape index (κ3) is 5.55. The topological polar surface area (TPSA) is 51.7 Å². The quantitative estimate of drug-likeness (QED) is 0.416. The van der Waals surface area contributed by atoms with Crippen molar-refractivity contribution in [3.8, 4) is 11.1 Å². The van der Waals surface area contributed by atoms with E-state index in [4.69, 9.17) is 4.98 Å². The van der Waals surface area contributed by atoms with Crippen LogP contribution in [0.3, 0.4) is 0 Å². The van der Waals surface area contributed by atoms with Crippen LogP contribution >= 0.6 is 0 Å². The van der Waals surface area contributed by atoms with Gasteiger partial charge >= 0.3 is 0 Å². The van der Waals surface area contributed by atoms with Crippen LogP contribution in [-0.2, 0) is 6.54 Å². The summed E-state index contributed by atoms with van der Waals surface area (Å²) in [4.78, 5) is 24.7. The Kier molecular flexibility index (Phi) is 7.21. The number of anilines is 2. The van der Waals surface area contributed by atoms with E-state index < -0.39 is 11.6 Å². The highest BCUT2D eigenvalue weighted by molar-refractivity contribution is 5.95. The molecular weight excluding hydrogens is 508 g/mol. The van der Waals surface area contributed by atoms with Crippen LogP contribution in [0.5, 0.6) is 0 Å². The number of fused-ring (bicyclic) bond motifs is 1. The van der Waals surface area contributed by atoms with Gasteiger partial charge in [0, 0.05) is 55.1 Å². The molecule has 210 valence electrons. The number of rotatable bonds is 6. The van der Waals surface area contributed by atoms with E-state index in [1.54, 1.807) is 0 Å². The fourth-order valence-corrected chi connectivity index (χ4v) is 6.41. The monoisotopic (exact) mass is 545 g/mol. The third-order valence-corrected chi connectivity index (χ3v) is 8.39. The standard InChI is InChI=1S/C32H37F2N5O/c1-32(2)21-38(19-25-16-26(33)11-12-28(25)34)29-17-24(18-35-30(29)36-32)22-7-9-23(10-8-22)31(40)39-15-5-6-27(39)20-37-13-3-4-14-37/h7-12,16-18,27H,3-6,13-15,19-21H2,1-2H3,(H,35,36). The minimum atomic E-state index is -0.455. The van der Waals surface area contributed by atoms with Gasteiger partial charge in [-0.2, -0.15) is 0 Å². The average molecular weight is 546 g/mol. The number of likely N-dealkylation sites (tertiary alicyclic amines) is 2. The van der Waals surface area contributed by atoms with Gasteiger partial charge < -0.3 is 20.0 Å². The fraction of sp³-hybridized carbons (Fsp3) is 0.438. The van der Waals surface area contributed by atoms with Gasteiger partial charge in [0.1, 0.15) is 17.5 Å². The maximum Gasteiger partial charge on any atom is 0.254 e. The van der Waals surface area contributed by atoms with Gasteiger partial charge in [0.05, 0.1) is 11.2 Å². The van der Waals surface area contributed by atoms with Gasteiger partial charge in [0.15, 0.2) is 0 Å². The highest BCUT2D eigenvalue weighted by Crippen LogP contribution is 2.37. The molecule has 0 saturated carbocycles. The lowest BCUT2D eigenvalue weighted by molar-refractivity contribution is 0.0709. The zero-order valence-corrected chi connectivity index (χ0v) is 23.3. The molecule has 1 aromatic heterocycles. The first-order valence-electron chi connectivity index (χ1n) is 14.4. The van der Waals surface area contributed by atoms with Crippen molar-refractivity contribution in [1.82, 2.24) is 14.8 Å². The molecule has 1 atom stereocenters. The van der Waals surface area contributed by atoms with Crippen LogP contribution in [-0.4, -0.2) is 65.0 Å². The summed E-state index contributed by atoms with van der Waals surface area (Å²) in [6, 6.07) is 13.7. The summed E-state index contributed by atoms with van der Waals surface area (Å²) in [5, 5.41) is 3.47. The summed E-state index contributed by atoms with van der Waals surface area (Å²) in [7, 11) is 0. The lowest BCUT2D eigenvalue weighted by Crippen LogP contribution is -2.48. The number of nitrogens with one attached hydrogen (secondary N) is 1. The zero-order chi connectivity index (χ0) is 27.9. The number of carbonyl (C=O) groups is 1. The third-order valence-electron chi connectivity index (χ3n) is 8.39. The van der Waals surface area contributed by atoms with Crippen molar-refractivity contribution in [2.24, 2.45) is 0 Å². The molecule has 2 saturated heterocycles. The second-order valence-corrected chi connectivity index (χ2v) is 12.1. The van der Waals surface area contributed by atoms with Crippen LogP contribution < -0.4 is 10.2 Å². The first-order valence-corrected chi connectivity index (χ1v) is 14.4. The number of carbonyl (C=O) groups excluding carboxylic acids is 1. The number of nitrogens with zero attached hydrogens (tertiary/aromatic N) is 4. The van der Waals surface area contributed by atoms with E-state index in [1.807, 2.05) is 41.4 Å². The minimum absolute atomic E-state index is 0.103. The van der Waals surface area contributed by atoms with Crippen LogP contribution in [0.2, 0.25) is 0 Å². The molecule has 2 fully saturated rings. The number of hydrogen-bond acceptors (Lipinski definition) is 5. The molecule has 0 radical (unpaired) electrons. The van der Waals surface area contributed by atoms with E-state index in [9.17, 15) is 13.6 Å². The van der Waals surface area contributed by atoms with Crippen molar-refractivity contribution < 1.29 is 13.6 Å². The van der Waals surface area contributed by atoms with Crippen molar-refractivity contribution in [2.45, 2.75) is 57.7 Å². The molecular formula is C32H37F2N5O. The van der Waals surface area contributed by atoms with Crippen LogP contribution in [0.1, 0.15) is 55.5 Å². The van der Waals surface area contributed by atoms with Gasteiger partial charge in [-0.1, -0.05) is 12.1 Å². The van der Waals surface area contributed by atoms with Crippen LogP contribution in [0.4, 0.5) is 20.3 Å². The van der Waals surface area contributed by atoms with Crippen molar-refractivity contribution in [3.63, 3.8) is 0 Å². The maximum atomic E-state index is 14.5. The largest absolute Gasteiger partial charge is 0.362 e. The first kappa shape index (κ1) is 26.7. The molecule has 1 N–H and O–H groups in total. The molecule has 0 bridgehead atoms. The molecule has 0 spiro atoms. The summed E-state index contributed by atoms with van der Waals surface area (Å²) in [6.45, 7) is 9.04. The Balaban J connectivity index is 1.22. The molecule has 4 heterocycles. The summed E-state index contributed by atoms with van der Waals surface area (Å²) < 4.78 is 28.4. The Morgan fingerprint density at radius 2 is 1.77 bits per heavy atom. The smallest absolute Gasteiger partial charge is 0.254 e. The first-order chi connectivity index (χ1) is 19.3. The lowest BCUT2D eigenvalue weighted by Gasteiger charge is -2.41. The van der Waals surface area contributed by atoms with Crippen molar-refractivity contribution in [3.05, 3.63) is 77.5 Å². The van der Waals surface area contributed by atoms with E-state index in [0.29, 0.717) is 29.5 Å². The van der Waals surface area contributed by atoms with E-state index >= 15 is 0 Å². The Bertz CT molecular complexity index is 1390. The molecule has 1 unspecified atom stereocenters. The molecule has 1 amide bonds. The number of aromatic nitrogens is 1. The predicted molar refractivity (Wildman–Crippen MR) is 155 cm³/mol. The number of pyridine rings is 1. The summed E-state index contributed by atoms with van der Waals surface area (Å²) in [5.41, 5.74) is 3.40. The molecule has 2 aromatic carbocycles. The van der Waals surface area contributed by atoms with E-state index in [1.165, 1.54) is 25.0 Å². The summed E-state index contributed by atoms with van der Waals surface area (Å²) in [6.07, 6.45) is 6.46. The van der Waals surface area contributed by atoms with Gasteiger partial charge in [0.25, 0.3) is 5.91 Å². The average Bonchev–Trinajstić information content (AvgIpc) is 3.62. The molecule has 40 heavy (non-hydrogen) atoms. The minimum Gasteiger partial charge on any atom is -0.362 e. The van der Waals surface area contributed by atoms with Crippen LogP contribution in [0.15, 0.2) is 54.7 Å². The molecule has 3 aromatic rings. The molecule has 3 aliphatic heterocycles. The number of benzene rings is 2. The molecule has 0 aliphatic carbocycles. The van der Waals surface area contributed by atoms with Crippen molar-refractivity contribution in [1.29, 1.82) is 0 Å². The summed E-state index contributed by atoms with van der Waals surface area (Å²) >= 11 is 0. The normalized spacial score (nSPS) is 20.4. The number of hydrogen-bond donors (Lipinski definition) is 1. The van der Waals surface area contributed by atoms with Crippen LogP contribution in [0, 0.1) is 11.6 Å². The fourth-order valence-electron chi connectivity index (χ4n) is 6.41. The van der Waals surface area contributed by atoms with E-state index in [-0.39, 0.29) is 18.0 Å². The number of halogens is 2. The lowest BCUT2D eigenvalue weighted by atomic mass is 9.98. The predicted octanol–water partition coefficient (Wildman–Crippen LogP) is 5.94. The van der Waals surface area contributed by atoms with Gasteiger partial charge in [-0.15, -0.1) is 0 Å². The molecule has 6 nitrogen and oxygen atoms in total. The second-order valence-electron chi connectivity index (χ2n) is 12.1. The Morgan fingerprint density at radius 1 is 1.00 bits per heavy atom. The highest BCUT2D eigenvalue weighted by Gasteiger charge is 2.33. The second kappa shape index (κ2) is 10.8. The Labute approximate surface area is 235 Å². The van der Waals surface area contributed by atoms with Crippen molar-refractivity contribution >= 4 is 17.4 Å². The zero-order valence-electron chi connectivity index (χ0n) is 23.3. The summed E-state index contributed by atoms with van der Waals surface area (Å²) in [5.74, 6) is -0.0682. The van der Waals surface area contributed by atoms with Gasteiger partial charge in [-0.25, -0.2) is 13.8 Å². The van der Waals surface area contributed by atoms with E-state index in [0.717, 1.165) is 61.9 Å². The Hall–Kier alpha value is -3.52. The highest BCUT2D eigenvalue weighted by atomic mass is 19.1. The van der Waals surface area contributed by atoms with Gasteiger partial charge in [0.2, 0.25) is 0 Å². The van der Waals surface area contributed by atoms with Crippen LogP contribution in [0.25, 0.3) is 11.1 Å². The van der Waals surface area contributed by atoms with Gasteiger partial charge in [-0.05, 0) is 94.6 Å². The van der Waals surface area contributed by atoms with E-state index in [2.05, 4.69) is 29.0 Å². The molecule has 6 rings (SSSR count). The number of amides is 1. The maximum absolute atomic E-state index is 14.5. The molecule has 3 aliphatic rings. The SMILES string of the molecule is CC1(C)CN(Cc2cc(F)ccc2F)c2cc(-c3ccc(C(=O)N4CCCC4CN4CCCC4)cc3)cnc2N1.